The van der Waals surface area contributed by atoms with E-state index in [1.165, 1.54) is 32.1 Å². The van der Waals surface area contributed by atoms with Gasteiger partial charge in [0, 0.05) is 5.38 Å². The van der Waals surface area contributed by atoms with E-state index in [2.05, 4.69) is 18.8 Å². The van der Waals surface area contributed by atoms with Crippen molar-refractivity contribution in [2.75, 3.05) is 0 Å². The van der Waals surface area contributed by atoms with Gasteiger partial charge in [-0.1, -0.05) is 26.2 Å². The van der Waals surface area contributed by atoms with Crippen molar-refractivity contribution in [3.05, 3.63) is 16.1 Å². The van der Waals surface area contributed by atoms with Gasteiger partial charge in [-0.2, -0.15) is 0 Å². The number of rotatable bonds is 5. The summed E-state index contributed by atoms with van der Waals surface area (Å²) < 4.78 is 6.17. The molecule has 1 heterocycles. The van der Waals surface area contributed by atoms with Crippen LogP contribution in [0.15, 0.2) is 5.38 Å². The lowest BCUT2D eigenvalue weighted by molar-refractivity contribution is -0.0340. The quantitative estimate of drug-likeness (QED) is 0.717. The first-order valence-corrected chi connectivity index (χ1v) is 8.30. The van der Waals surface area contributed by atoms with Gasteiger partial charge in [0.25, 0.3) is 0 Å². The molecule has 2 nitrogen and oxygen atoms in total. The summed E-state index contributed by atoms with van der Waals surface area (Å²) in [5.74, 6) is 1.34. The van der Waals surface area contributed by atoms with Crippen LogP contribution in [0.1, 0.15) is 62.8 Å². The van der Waals surface area contributed by atoms with Crippen molar-refractivity contribution in [2.24, 2.45) is 5.92 Å². The highest BCUT2D eigenvalue weighted by molar-refractivity contribution is 7.09. The van der Waals surface area contributed by atoms with Crippen molar-refractivity contribution < 1.29 is 4.74 Å². The smallest absolute Gasteiger partial charge is 0.122 e. The standard InChI is InChI=1S/C14H22ClNOS/c1-3-11-5-4-6-13(7-11)17-10(2)14-16-12(8-15)9-18-14/h9-11,13H,3-8H2,1-2H3. The van der Waals surface area contributed by atoms with Crippen molar-refractivity contribution >= 4 is 22.9 Å². The lowest BCUT2D eigenvalue weighted by atomic mass is 9.85. The molecule has 1 aromatic rings. The summed E-state index contributed by atoms with van der Waals surface area (Å²) in [5.41, 5.74) is 0.960. The zero-order valence-electron chi connectivity index (χ0n) is 11.2. The third kappa shape index (κ3) is 3.69. The van der Waals surface area contributed by atoms with E-state index in [4.69, 9.17) is 16.3 Å². The number of nitrogens with zero attached hydrogens (tertiary/aromatic N) is 1. The average molecular weight is 288 g/mol. The maximum Gasteiger partial charge on any atom is 0.122 e. The molecule has 0 aromatic carbocycles. The van der Waals surface area contributed by atoms with Crippen molar-refractivity contribution in [1.82, 2.24) is 4.98 Å². The summed E-state index contributed by atoms with van der Waals surface area (Å²) in [5, 5.41) is 3.09. The number of alkyl halides is 1. The molecule has 0 N–H and O–H groups in total. The molecule has 0 bridgehead atoms. The summed E-state index contributed by atoms with van der Waals surface area (Å²) in [6.45, 7) is 4.39. The van der Waals surface area contributed by atoms with E-state index in [9.17, 15) is 0 Å². The van der Waals surface area contributed by atoms with Gasteiger partial charge in [-0.25, -0.2) is 4.98 Å². The van der Waals surface area contributed by atoms with E-state index < -0.39 is 0 Å². The largest absolute Gasteiger partial charge is 0.368 e. The molecule has 3 unspecified atom stereocenters. The van der Waals surface area contributed by atoms with Crippen LogP contribution in [0.5, 0.6) is 0 Å². The zero-order chi connectivity index (χ0) is 13.0. The number of halogens is 1. The van der Waals surface area contributed by atoms with Crippen molar-refractivity contribution in [1.29, 1.82) is 0 Å². The molecule has 4 heteroatoms. The minimum Gasteiger partial charge on any atom is -0.368 e. The van der Waals surface area contributed by atoms with Gasteiger partial charge in [-0.3, -0.25) is 0 Å². The van der Waals surface area contributed by atoms with Crippen LogP contribution < -0.4 is 0 Å². The van der Waals surface area contributed by atoms with Gasteiger partial charge in [0.2, 0.25) is 0 Å². The molecule has 0 saturated heterocycles. The van der Waals surface area contributed by atoms with Crippen molar-refractivity contribution in [3.63, 3.8) is 0 Å². The Hall–Kier alpha value is -0.120. The Labute approximate surface area is 119 Å². The second-order valence-corrected chi connectivity index (χ2v) is 6.31. The topological polar surface area (TPSA) is 22.1 Å². The van der Waals surface area contributed by atoms with Crippen molar-refractivity contribution in [2.45, 2.75) is 64.0 Å². The van der Waals surface area contributed by atoms with Gasteiger partial charge in [-0.05, 0) is 25.7 Å². The highest BCUT2D eigenvalue weighted by Crippen LogP contribution is 2.32. The van der Waals surface area contributed by atoms with Gasteiger partial charge < -0.3 is 4.74 Å². The van der Waals surface area contributed by atoms with E-state index in [0.717, 1.165) is 16.6 Å². The fourth-order valence-electron chi connectivity index (χ4n) is 2.65. The van der Waals surface area contributed by atoms with E-state index in [-0.39, 0.29) is 6.10 Å². The van der Waals surface area contributed by atoms with Crippen LogP contribution in [0.25, 0.3) is 0 Å². The molecule has 1 fully saturated rings. The zero-order valence-corrected chi connectivity index (χ0v) is 12.8. The van der Waals surface area contributed by atoms with Gasteiger partial charge >= 0.3 is 0 Å². The average Bonchev–Trinajstić information content (AvgIpc) is 2.88. The molecular weight excluding hydrogens is 266 g/mol. The minimum absolute atomic E-state index is 0.104. The SMILES string of the molecule is CCC1CCCC(OC(C)c2nc(CCl)cs2)C1. The molecule has 1 aliphatic carbocycles. The Bertz CT molecular complexity index is 368. The molecule has 0 aliphatic heterocycles. The number of ether oxygens (including phenoxy) is 1. The Kier molecular flexibility index (Phi) is 5.46. The van der Waals surface area contributed by atoms with Crippen LogP contribution >= 0.6 is 22.9 Å². The van der Waals surface area contributed by atoms with Gasteiger partial charge in [0.1, 0.15) is 11.1 Å². The van der Waals surface area contributed by atoms with Gasteiger partial charge in [-0.15, -0.1) is 22.9 Å². The van der Waals surface area contributed by atoms with E-state index in [0.29, 0.717) is 12.0 Å². The summed E-state index contributed by atoms with van der Waals surface area (Å²) in [4.78, 5) is 4.49. The number of thiazole rings is 1. The Balaban J connectivity index is 1.88. The minimum atomic E-state index is 0.104. The predicted octanol–water partition coefficient (Wildman–Crippen LogP) is 4.93. The van der Waals surface area contributed by atoms with Crippen molar-refractivity contribution in [3.8, 4) is 0 Å². The molecule has 1 saturated carbocycles. The molecule has 18 heavy (non-hydrogen) atoms. The van der Waals surface area contributed by atoms with E-state index >= 15 is 0 Å². The van der Waals surface area contributed by atoms with E-state index in [1.807, 2.05) is 5.38 Å². The van der Waals surface area contributed by atoms with Gasteiger partial charge in [0.05, 0.1) is 17.7 Å². The summed E-state index contributed by atoms with van der Waals surface area (Å²) in [6.07, 6.45) is 6.90. The van der Waals surface area contributed by atoms with Crippen LogP contribution in [-0.2, 0) is 10.6 Å². The molecule has 3 atom stereocenters. The molecular formula is C14H22ClNOS. The third-order valence-electron chi connectivity index (χ3n) is 3.76. The Morgan fingerprint density at radius 1 is 1.56 bits per heavy atom. The fraction of sp³-hybridized carbons (Fsp3) is 0.786. The van der Waals surface area contributed by atoms with E-state index in [1.54, 1.807) is 11.3 Å². The molecule has 0 amide bonds. The lowest BCUT2D eigenvalue weighted by Crippen LogP contribution is -2.23. The van der Waals surface area contributed by atoms with Crippen LogP contribution in [-0.4, -0.2) is 11.1 Å². The third-order valence-corrected chi connectivity index (χ3v) is 5.09. The second kappa shape index (κ2) is 6.88. The van der Waals surface area contributed by atoms with Crippen LogP contribution in [0.4, 0.5) is 0 Å². The number of aromatic nitrogens is 1. The first kappa shape index (κ1) is 14.3. The molecule has 102 valence electrons. The molecule has 2 rings (SSSR count). The fourth-order valence-corrected chi connectivity index (χ4v) is 3.69. The first-order chi connectivity index (χ1) is 8.72. The molecule has 0 radical (unpaired) electrons. The molecule has 1 aromatic heterocycles. The summed E-state index contributed by atoms with van der Waals surface area (Å²) in [7, 11) is 0. The molecule has 0 spiro atoms. The maximum absolute atomic E-state index is 6.17. The number of hydrogen-bond acceptors (Lipinski definition) is 3. The van der Waals surface area contributed by atoms with Crippen LogP contribution in [0.2, 0.25) is 0 Å². The Morgan fingerprint density at radius 2 is 2.39 bits per heavy atom. The summed E-state index contributed by atoms with van der Waals surface area (Å²) in [6, 6.07) is 0. The highest BCUT2D eigenvalue weighted by atomic mass is 35.5. The predicted molar refractivity (Wildman–Crippen MR) is 77.2 cm³/mol. The van der Waals surface area contributed by atoms with Crippen LogP contribution in [0, 0.1) is 5.92 Å². The lowest BCUT2D eigenvalue weighted by Gasteiger charge is -2.30. The first-order valence-electron chi connectivity index (χ1n) is 6.88. The monoisotopic (exact) mass is 287 g/mol. The van der Waals surface area contributed by atoms with Crippen LogP contribution in [0.3, 0.4) is 0 Å². The Morgan fingerprint density at radius 3 is 3.06 bits per heavy atom. The normalized spacial score (nSPS) is 26.2. The summed E-state index contributed by atoms with van der Waals surface area (Å²) >= 11 is 7.43. The number of hydrogen-bond donors (Lipinski definition) is 0. The maximum atomic E-state index is 6.17. The highest BCUT2D eigenvalue weighted by Gasteiger charge is 2.24. The second-order valence-electron chi connectivity index (χ2n) is 5.15. The van der Waals surface area contributed by atoms with Gasteiger partial charge in [0.15, 0.2) is 0 Å². The molecule has 1 aliphatic rings.